The lowest BCUT2D eigenvalue weighted by molar-refractivity contribution is 0.158. The Morgan fingerprint density at radius 2 is 1.92 bits per heavy atom. The standard InChI is InChI=1S/C21H26N2OS/c24-19(13-8-7-11-16-9-3-1-4-10-16)18-15-22-21-23(18)17-12-5-2-6-14-20(17)25-21/h1,3-4,9-10,15,19,24H,2,5-8,11-14H2. The molecule has 2 aromatic heterocycles. The molecule has 0 radical (unpaired) electrons. The Labute approximate surface area is 153 Å². The largest absolute Gasteiger partial charge is 0.387 e. The number of unbranched alkanes of at least 4 members (excludes halogenated alkanes) is 1. The molecule has 132 valence electrons. The molecule has 3 nitrogen and oxygen atoms in total. The molecule has 2 heterocycles. The molecule has 4 rings (SSSR count). The zero-order chi connectivity index (χ0) is 17.1. The predicted octanol–water partition coefficient (Wildman–Crippen LogP) is 5.11. The fraction of sp³-hybridized carbons (Fsp3) is 0.476. The molecule has 1 aliphatic rings. The van der Waals surface area contributed by atoms with Crippen LogP contribution in [0.3, 0.4) is 0 Å². The third kappa shape index (κ3) is 3.65. The van der Waals surface area contributed by atoms with E-state index in [2.05, 4.69) is 39.7 Å². The zero-order valence-corrected chi connectivity index (χ0v) is 15.5. The first-order chi connectivity index (χ1) is 12.3. The number of aryl methyl sites for hydroxylation is 3. The summed E-state index contributed by atoms with van der Waals surface area (Å²) in [5, 5.41) is 10.7. The Morgan fingerprint density at radius 3 is 2.80 bits per heavy atom. The smallest absolute Gasteiger partial charge is 0.194 e. The van der Waals surface area contributed by atoms with Gasteiger partial charge in [-0.25, -0.2) is 4.98 Å². The average Bonchev–Trinajstić information content (AvgIpc) is 3.11. The molecule has 1 aliphatic carbocycles. The number of hydrogen-bond donors (Lipinski definition) is 1. The van der Waals surface area contributed by atoms with E-state index >= 15 is 0 Å². The first-order valence-corrected chi connectivity index (χ1v) is 10.3. The van der Waals surface area contributed by atoms with Crippen LogP contribution in [0.25, 0.3) is 4.96 Å². The van der Waals surface area contributed by atoms with E-state index in [0.29, 0.717) is 0 Å². The molecular formula is C21H26N2OS. The van der Waals surface area contributed by atoms with Crippen LogP contribution < -0.4 is 0 Å². The molecule has 0 saturated carbocycles. The zero-order valence-electron chi connectivity index (χ0n) is 14.7. The fourth-order valence-corrected chi connectivity index (χ4v) is 5.07. The second kappa shape index (κ2) is 7.71. The van der Waals surface area contributed by atoms with Crippen molar-refractivity contribution >= 4 is 16.3 Å². The van der Waals surface area contributed by atoms with Gasteiger partial charge >= 0.3 is 0 Å². The molecule has 4 heteroatoms. The van der Waals surface area contributed by atoms with E-state index in [0.717, 1.165) is 42.8 Å². The minimum absolute atomic E-state index is 0.410. The monoisotopic (exact) mass is 354 g/mol. The van der Waals surface area contributed by atoms with Gasteiger partial charge in [-0.1, -0.05) is 43.2 Å². The van der Waals surface area contributed by atoms with Crippen LogP contribution in [0.5, 0.6) is 0 Å². The SMILES string of the molecule is OC(CCCCc1ccccc1)c1cnc2sc3c(n12)CCCCC3. The van der Waals surface area contributed by atoms with Crippen molar-refractivity contribution < 1.29 is 5.11 Å². The number of aliphatic hydroxyl groups excluding tert-OH is 1. The number of fused-ring (bicyclic) bond motifs is 3. The van der Waals surface area contributed by atoms with Gasteiger partial charge in [0.05, 0.1) is 18.0 Å². The Hall–Kier alpha value is -1.65. The van der Waals surface area contributed by atoms with Crippen LogP contribution in [0.15, 0.2) is 36.5 Å². The van der Waals surface area contributed by atoms with Crippen molar-refractivity contribution in [2.45, 2.75) is 63.9 Å². The Balaban J connectivity index is 1.41. The number of rotatable bonds is 6. The molecule has 0 spiro atoms. The fourth-order valence-electron chi connectivity index (χ4n) is 3.88. The van der Waals surface area contributed by atoms with Gasteiger partial charge in [-0.2, -0.15) is 0 Å². The lowest BCUT2D eigenvalue weighted by Gasteiger charge is -2.11. The van der Waals surface area contributed by atoms with Crippen molar-refractivity contribution in [3.63, 3.8) is 0 Å². The van der Waals surface area contributed by atoms with Gasteiger partial charge in [0.15, 0.2) is 4.96 Å². The van der Waals surface area contributed by atoms with Crippen molar-refractivity contribution in [2.75, 3.05) is 0 Å². The van der Waals surface area contributed by atoms with E-state index in [4.69, 9.17) is 0 Å². The summed E-state index contributed by atoms with van der Waals surface area (Å²) < 4.78 is 2.26. The summed E-state index contributed by atoms with van der Waals surface area (Å²) >= 11 is 1.82. The van der Waals surface area contributed by atoms with Crippen LogP contribution in [0.4, 0.5) is 0 Å². The molecule has 25 heavy (non-hydrogen) atoms. The van der Waals surface area contributed by atoms with Crippen LogP contribution in [-0.4, -0.2) is 14.5 Å². The van der Waals surface area contributed by atoms with Gasteiger partial charge in [0.2, 0.25) is 0 Å². The normalized spacial score (nSPS) is 15.9. The third-order valence-electron chi connectivity index (χ3n) is 5.26. The van der Waals surface area contributed by atoms with Gasteiger partial charge in [-0.05, 0) is 50.5 Å². The second-order valence-corrected chi connectivity index (χ2v) is 8.14. The highest BCUT2D eigenvalue weighted by Gasteiger charge is 2.21. The minimum atomic E-state index is -0.410. The number of benzene rings is 1. The highest BCUT2D eigenvalue weighted by molar-refractivity contribution is 7.17. The number of nitrogens with zero attached hydrogens (tertiary/aromatic N) is 2. The predicted molar refractivity (Wildman–Crippen MR) is 103 cm³/mol. The second-order valence-electron chi connectivity index (χ2n) is 7.08. The summed E-state index contributed by atoms with van der Waals surface area (Å²) in [6.07, 6.45) is 11.7. The quantitative estimate of drug-likeness (QED) is 0.493. The maximum Gasteiger partial charge on any atom is 0.194 e. The van der Waals surface area contributed by atoms with Gasteiger partial charge in [-0.15, -0.1) is 11.3 Å². The van der Waals surface area contributed by atoms with Gasteiger partial charge in [0.1, 0.15) is 0 Å². The van der Waals surface area contributed by atoms with E-state index in [9.17, 15) is 5.11 Å². The lowest BCUT2D eigenvalue weighted by atomic mass is 10.0. The number of aliphatic hydroxyl groups is 1. The van der Waals surface area contributed by atoms with E-state index in [1.165, 1.54) is 41.8 Å². The molecule has 0 aliphatic heterocycles. The molecule has 3 aromatic rings. The topological polar surface area (TPSA) is 37.5 Å². The van der Waals surface area contributed by atoms with E-state index in [-0.39, 0.29) is 0 Å². The molecule has 1 N–H and O–H groups in total. The molecule has 1 unspecified atom stereocenters. The Bertz CT molecular complexity index is 821. The Kier molecular flexibility index (Phi) is 5.18. The van der Waals surface area contributed by atoms with Crippen LogP contribution in [0.1, 0.15) is 66.5 Å². The average molecular weight is 355 g/mol. The molecule has 0 amide bonds. The number of aromatic nitrogens is 2. The Morgan fingerprint density at radius 1 is 1.08 bits per heavy atom. The van der Waals surface area contributed by atoms with Crippen LogP contribution in [0, 0.1) is 0 Å². The summed E-state index contributed by atoms with van der Waals surface area (Å²) in [4.78, 5) is 7.12. The van der Waals surface area contributed by atoms with Crippen molar-refractivity contribution in [2.24, 2.45) is 0 Å². The summed E-state index contributed by atoms with van der Waals surface area (Å²) in [6.45, 7) is 0. The van der Waals surface area contributed by atoms with Crippen molar-refractivity contribution in [3.8, 4) is 0 Å². The molecule has 0 fully saturated rings. The van der Waals surface area contributed by atoms with Crippen molar-refractivity contribution in [1.29, 1.82) is 0 Å². The van der Waals surface area contributed by atoms with Gasteiger partial charge in [0, 0.05) is 10.6 Å². The first-order valence-electron chi connectivity index (χ1n) is 9.53. The highest BCUT2D eigenvalue weighted by atomic mass is 32.1. The highest BCUT2D eigenvalue weighted by Crippen LogP contribution is 2.32. The number of hydrogen-bond acceptors (Lipinski definition) is 3. The van der Waals surface area contributed by atoms with Crippen LogP contribution in [-0.2, 0) is 19.3 Å². The summed E-state index contributed by atoms with van der Waals surface area (Å²) in [5.41, 5.74) is 3.79. The van der Waals surface area contributed by atoms with Gasteiger partial charge in [0.25, 0.3) is 0 Å². The third-order valence-corrected chi connectivity index (χ3v) is 6.41. The molecule has 0 saturated heterocycles. The number of thiazole rings is 1. The first kappa shape index (κ1) is 16.8. The van der Waals surface area contributed by atoms with E-state index in [1.54, 1.807) is 0 Å². The van der Waals surface area contributed by atoms with Gasteiger partial charge in [-0.3, -0.25) is 4.40 Å². The maximum absolute atomic E-state index is 10.7. The molecule has 1 aromatic carbocycles. The molecule has 0 bridgehead atoms. The van der Waals surface area contributed by atoms with Gasteiger partial charge < -0.3 is 5.11 Å². The summed E-state index contributed by atoms with van der Waals surface area (Å²) in [5.74, 6) is 0. The van der Waals surface area contributed by atoms with E-state index < -0.39 is 6.10 Å². The van der Waals surface area contributed by atoms with Crippen molar-refractivity contribution in [3.05, 3.63) is 58.4 Å². The maximum atomic E-state index is 10.7. The minimum Gasteiger partial charge on any atom is -0.387 e. The summed E-state index contributed by atoms with van der Waals surface area (Å²) in [6, 6.07) is 10.6. The summed E-state index contributed by atoms with van der Waals surface area (Å²) in [7, 11) is 0. The van der Waals surface area contributed by atoms with E-state index in [1.807, 2.05) is 17.5 Å². The van der Waals surface area contributed by atoms with Crippen molar-refractivity contribution in [1.82, 2.24) is 9.38 Å². The number of imidazole rings is 1. The lowest BCUT2D eigenvalue weighted by Crippen LogP contribution is -2.05. The molecular weight excluding hydrogens is 328 g/mol. The van der Waals surface area contributed by atoms with Crippen LogP contribution in [0.2, 0.25) is 0 Å². The molecule has 1 atom stereocenters. The van der Waals surface area contributed by atoms with Crippen LogP contribution >= 0.6 is 11.3 Å².